The summed E-state index contributed by atoms with van der Waals surface area (Å²) >= 11 is 0. The highest BCUT2D eigenvalue weighted by molar-refractivity contribution is 6.97. The van der Waals surface area contributed by atoms with Gasteiger partial charge in [0.2, 0.25) is 0 Å². The van der Waals surface area contributed by atoms with Crippen LogP contribution in [0.3, 0.4) is 0 Å². The van der Waals surface area contributed by atoms with E-state index in [1.807, 2.05) is 0 Å². The van der Waals surface area contributed by atoms with Crippen molar-refractivity contribution in [3.05, 3.63) is 60.2 Å². The number of nitrogens with two attached hydrogens (primary N) is 3. The molecule has 25 heavy (non-hydrogen) atoms. The van der Waals surface area contributed by atoms with Crippen LogP contribution in [0.5, 0.6) is 0 Å². The van der Waals surface area contributed by atoms with Crippen LogP contribution < -0.4 is 22.4 Å². The fourth-order valence-electron chi connectivity index (χ4n) is 3.82. The van der Waals surface area contributed by atoms with Crippen molar-refractivity contribution in [1.29, 1.82) is 0 Å². The SMILES string of the molecule is CN.CN.CN.C[Si]([C]1C=CC=C1)(c1ccccc1)C1CCCCC1. The summed E-state index contributed by atoms with van der Waals surface area (Å²) in [7, 11) is 2.95. The normalized spacial score (nSPS) is 18.7. The molecule has 3 nitrogen and oxygen atoms in total. The number of allylic oxidation sites excluding steroid dienone is 4. The van der Waals surface area contributed by atoms with Crippen LogP contribution in [0, 0.1) is 5.54 Å². The molecule has 0 heterocycles. The Hall–Kier alpha value is -1.20. The Balaban J connectivity index is 0.000000871. The summed E-state index contributed by atoms with van der Waals surface area (Å²) in [6.45, 7) is 2.59. The third-order valence-electron chi connectivity index (χ3n) is 5.06. The van der Waals surface area contributed by atoms with Crippen molar-refractivity contribution in [3.8, 4) is 0 Å². The predicted molar refractivity (Wildman–Crippen MR) is 116 cm³/mol. The molecule has 1 radical (unpaired) electrons. The van der Waals surface area contributed by atoms with E-state index in [1.54, 1.807) is 10.7 Å². The molecule has 1 unspecified atom stereocenters. The third-order valence-corrected chi connectivity index (χ3v) is 10.3. The van der Waals surface area contributed by atoms with Gasteiger partial charge in [0.05, 0.1) is 0 Å². The summed E-state index contributed by atoms with van der Waals surface area (Å²) in [4.78, 5) is 0. The Labute approximate surface area is 156 Å². The van der Waals surface area contributed by atoms with Crippen LogP contribution in [-0.2, 0) is 0 Å². The maximum atomic E-state index is 4.50. The smallest absolute Gasteiger partial charge is 0.102 e. The van der Waals surface area contributed by atoms with Crippen molar-refractivity contribution in [2.24, 2.45) is 17.2 Å². The first-order valence-electron chi connectivity index (χ1n) is 9.33. The Bertz CT molecular complexity index is 469. The molecule has 3 rings (SSSR count). The molecule has 0 aliphatic heterocycles. The van der Waals surface area contributed by atoms with Crippen LogP contribution in [0.2, 0.25) is 12.1 Å². The van der Waals surface area contributed by atoms with E-state index in [2.05, 4.69) is 78.4 Å². The average molecular weight is 361 g/mol. The molecule has 141 valence electrons. The van der Waals surface area contributed by atoms with Crippen molar-refractivity contribution in [1.82, 2.24) is 0 Å². The summed E-state index contributed by atoms with van der Waals surface area (Å²) in [5.74, 6) is 0. The highest BCUT2D eigenvalue weighted by atomic mass is 28.3. The molecule has 1 aromatic rings. The van der Waals surface area contributed by atoms with Crippen LogP contribution in [0.4, 0.5) is 0 Å². The Morgan fingerprint density at radius 1 is 0.760 bits per heavy atom. The van der Waals surface area contributed by atoms with Gasteiger partial charge in [-0.3, -0.25) is 0 Å². The minimum atomic E-state index is -1.55. The van der Waals surface area contributed by atoms with Gasteiger partial charge in [0.15, 0.2) is 0 Å². The van der Waals surface area contributed by atoms with Crippen molar-refractivity contribution in [3.63, 3.8) is 0 Å². The summed E-state index contributed by atoms with van der Waals surface area (Å²) in [6, 6.07) is 11.3. The largest absolute Gasteiger partial charge is 0.333 e. The van der Waals surface area contributed by atoms with E-state index >= 15 is 0 Å². The van der Waals surface area contributed by atoms with E-state index in [1.165, 1.54) is 53.2 Å². The maximum Gasteiger partial charge on any atom is 0.102 e. The monoisotopic (exact) mass is 360 g/mol. The zero-order chi connectivity index (χ0) is 19.1. The lowest BCUT2D eigenvalue weighted by Crippen LogP contribution is -2.53. The minimum absolute atomic E-state index is 0.922. The highest BCUT2D eigenvalue weighted by Crippen LogP contribution is 2.42. The predicted octanol–water partition coefficient (Wildman–Crippen LogP) is 3.27. The first-order valence-corrected chi connectivity index (χ1v) is 11.9. The fourth-order valence-corrected chi connectivity index (χ4v) is 8.43. The molecule has 0 spiro atoms. The lowest BCUT2D eigenvalue weighted by Gasteiger charge is -2.41. The van der Waals surface area contributed by atoms with Crippen LogP contribution in [0.25, 0.3) is 0 Å². The second-order valence-electron chi connectivity index (χ2n) is 6.08. The highest BCUT2D eigenvalue weighted by Gasteiger charge is 2.43. The maximum absolute atomic E-state index is 4.50. The van der Waals surface area contributed by atoms with Gasteiger partial charge < -0.3 is 17.2 Å². The van der Waals surface area contributed by atoms with Crippen LogP contribution >= 0.6 is 0 Å². The van der Waals surface area contributed by atoms with Gasteiger partial charge in [0, 0.05) is 5.54 Å². The molecule has 0 bridgehead atoms. The van der Waals surface area contributed by atoms with Crippen molar-refractivity contribution >= 4 is 13.3 Å². The van der Waals surface area contributed by atoms with Crippen LogP contribution in [-0.4, -0.2) is 29.2 Å². The summed E-state index contributed by atoms with van der Waals surface area (Å²) in [5, 5.41) is 1.62. The van der Waals surface area contributed by atoms with Gasteiger partial charge >= 0.3 is 0 Å². The van der Waals surface area contributed by atoms with Gasteiger partial charge in [0.1, 0.15) is 8.07 Å². The number of hydrogen-bond donors (Lipinski definition) is 3. The standard InChI is InChI=1S/C18H23Si.3CH5N/c1-19(18-14-8-9-15-18,16-10-4-2-5-11-16)17-12-6-3-7-13-17;3*1-2/h2,4-5,8-11,14-15,17H,3,6-7,12-13H2,1H3;3*2H2,1H3. The quantitative estimate of drug-likeness (QED) is 0.724. The molecule has 6 N–H and O–H groups in total. The van der Waals surface area contributed by atoms with Crippen LogP contribution in [0.15, 0.2) is 54.6 Å². The lowest BCUT2D eigenvalue weighted by molar-refractivity contribution is 0.494. The van der Waals surface area contributed by atoms with Crippen LogP contribution in [0.1, 0.15) is 32.1 Å². The Morgan fingerprint density at radius 3 is 1.72 bits per heavy atom. The van der Waals surface area contributed by atoms with Crippen molar-refractivity contribution in [2.75, 3.05) is 21.1 Å². The van der Waals surface area contributed by atoms with Crippen molar-refractivity contribution < 1.29 is 0 Å². The Kier molecular flexibility index (Phi) is 13.3. The second-order valence-corrected chi connectivity index (χ2v) is 10.5. The second kappa shape index (κ2) is 14.0. The van der Waals surface area contributed by atoms with E-state index in [0.29, 0.717) is 0 Å². The molecular formula is C21H38N3Si. The molecule has 0 aromatic heterocycles. The topological polar surface area (TPSA) is 78.1 Å². The van der Waals surface area contributed by atoms with E-state index in [-0.39, 0.29) is 0 Å². The molecule has 0 saturated heterocycles. The zero-order valence-corrected chi connectivity index (χ0v) is 17.5. The van der Waals surface area contributed by atoms with E-state index in [4.69, 9.17) is 0 Å². The van der Waals surface area contributed by atoms with Gasteiger partial charge in [-0.1, -0.05) is 98.5 Å². The summed E-state index contributed by atoms with van der Waals surface area (Å²) < 4.78 is 0. The van der Waals surface area contributed by atoms with Crippen molar-refractivity contribution in [2.45, 2.75) is 44.2 Å². The average Bonchev–Trinajstić information content (AvgIpc) is 3.29. The first-order chi connectivity index (χ1) is 12.3. The van der Waals surface area contributed by atoms with E-state index in [0.717, 1.165) is 5.54 Å². The van der Waals surface area contributed by atoms with Gasteiger partial charge in [-0.2, -0.15) is 0 Å². The molecule has 1 aromatic carbocycles. The Morgan fingerprint density at radius 2 is 1.24 bits per heavy atom. The summed E-state index contributed by atoms with van der Waals surface area (Å²) in [5.41, 5.74) is 16.1. The van der Waals surface area contributed by atoms with Gasteiger partial charge in [-0.15, -0.1) is 0 Å². The number of hydrogen-bond acceptors (Lipinski definition) is 3. The molecule has 1 fully saturated rings. The molecule has 2 aliphatic rings. The number of rotatable bonds is 3. The molecular weight excluding hydrogens is 322 g/mol. The molecule has 0 amide bonds. The van der Waals surface area contributed by atoms with Gasteiger partial charge in [0.25, 0.3) is 0 Å². The zero-order valence-electron chi connectivity index (χ0n) is 16.5. The lowest BCUT2D eigenvalue weighted by atomic mass is 10.0. The van der Waals surface area contributed by atoms with E-state index < -0.39 is 8.07 Å². The summed E-state index contributed by atoms with van der Waals surface area (Å²) in [6.07, 6.45) is 16.3. The number of benzene rings is 1. The molecule has 4 heteroatoms. The van der Waals surface area contributed by atoms with Gasteiger partial charge in [-0.25, -0.2) is 0 Å². The molecule has 1 saturated carbocycles. The fraction of sp³-hybridized carbons (Fsp3) is 0.476. The minimum Gasteiger partial charge on any atom is -0.333 e. The molecule has 1 atom stereocenters. The van der Waals surface area contributed by atoms with Gasteiger partial charge in [-0.05, 0) is 26.7 Å². The first kappa shape index (κ1) is 23.8. The van der Waals surface area contributed by atoms with E-state index in [9.17, 15) is 0 Å². The third kappa shape index (κ3) is 6.23. The molecule has 2 aliphatic carbocycles.